The Morgan fingerprint density at radius 3 is 2.86 bits per heavy atom. The summed E-state index contributed by atoms with van der Waals surface area (Å²) >= 11 is 0. The molecule has 0 spiro atoms. The fourth-order valence-corrected chi connectivity index (χ4v) is 2.63. The number of piperidine rings is 1. The molecule has 0 bridgehead atoms. The van der Waals surface area contributed by atoms with Gasteiger partial charge in [-0.3, -0.25) is 4.79 Å². The van der Waals surface area contributed by atoms with Gasteiger partial charge in [-0.15, -0.1) is 0 Å². The van der Waals surface area contributed by atoms with Gasteiger partial charge >= 0.3 is 0 Å². The number of rotatable bonds is 5. The predicted molar refractivity (Wildman–Crippen MR) is 82.0 cm³/mol. The highest BCUT2D eigenvalue weighted by molar-refractivity contribution is 5.97. The molecule has 2 N–H and O–H groups in total. The van der Waals surface area contributed by atoms with E-state index >= 15 is 0 Å². The molecule has 21 heavy (non-hydrogen) atoms. The Bertz CT molecular complexity index is 490. The van der Waals surface area contributed by atoms with Crippen molar-refractivity contribution < 1.29 is 14.3 Å². The number of methoxy groups -OCH3 is 2. The first-order valence-electron chi connectivity index (χ1n) is 7.36. The van der Waals surface area contributed by atoms with E-state index in [-0.39, 0.29) is 5.91 Å². The fourth-order valence-electron chi connectivity index (χ4n) is 2.63. The molecular weight excluding hydrogens is 268 g/mol. The molecule has 1 aromatic rings. The second-order valence-electron chi connectivity index (χ2n) is 5.51. The highest BCUT2D eigenvalue weighted by Gasteiger charge is 2.22. The van der Waals surface area contributed by atoms with Gasteiger partial charge in [0.05, 0.1) is 19.8 Å². The minimum atomic E-state index is -0.104. The number of hydrogen-bond acceptors (Lipinski definition) is 4. The minimum absolute atomic E-state index is 0.104. The lowest BCUT2D eigenvalue weighted by Gasteiger charge is -2.29. The molecule has 2 rings (SSSR count). The molecule has 1 heterocycles. The normalized spacial score (nSPS) is 21.7. The lowest BCUT2D eigenvalue weighted by atomic mass is 9.88. The van der Waals surface area contributed by atoms with Crippen LogP contribution >= 0.6 is 0 Å². The van der Waals surface area contributed by atoms with Crippen LogP contribution in [0.2, 0.25) is 0 Å². The first kappa shape index (κ1) is 15.6. The topological polar surface area (TPSA) is 59.6 Å². The molecule has 116 valence electrons. The van der Waals surface area contributed by atoms with E-state index in [1.165, 1.54) is 0 Å². The molecule has 0 aromatic heterocycles. The van der Waals surface area contributed by atoms with Crippen LogP contribution in [0.4, 0.5) is 0 Å². The lowest BCUT2D eigenvalue weighted by molar-refractivity contribution is 0.0936. The van der Waals surface area contributed by atoms with Crippen LogP contribution < -0.4 is 20.1 Å². The predicted octanol–water partition coefficient (Wildman–Crippen LogP) is 1.68. The number of ether oxygens (including phenoxy) is 2. The van der Waals surface area contributed by atoms with Gasteiger partial charge in [-0.25, -0.2) is 0 Å². The number of benzene rings is 1. The van der Waals surface area contributed by atoms with Crippen LogP contribution in [0.5, 0.6) is 11.5 Å². The maximum Gasteiger partial charge on any atom is 0.255 e. The van der Waals surface area contributed by atoms with E-state index in [0.29, 0.717) is 35.4 Å². The summed E-state index contributed by atoms with van der Waals surface area (Å²) in [6, 6.07) is 5.22. The number of carbonyl (C=O) groups is 1. The molecule has 5 heteroatoms. The molecule has 2 atom stereocenters. The Kier molecular flexibility index (Phi) is 5.44. The summed E-state index contributed by atoms with van der Waals surface area (Å²) < 4.78 is 10.4. The third-order valence-corrected chi connectivity index (χ3v) is 4.17. The summed E-state index contributed by atoms with van der Waals surface area (Å²) in [6.45, 7) is 4.95. The maximum atomic E-state index is 12.3. The smallest absolute Gasteiger partial charge is 0.255 e. The molecule has 0 aliphatic carbocycles. The van der Waals surface area contributed by atoms with Crippen molar-refractivity contribution in [1.82, 2.24) is 10.6 Å². The first-order valence-corrected chi connectivity index (χ1v) is 7.36. The molecule has 5 nitrogen and oxygen atoms in total. The SMILES string of the molecule is COc1ccc(C(=O)NCC2CNCCC2C)c(OC)c1. The van der Waals surface area contributed by atoms with E-state index < -0.39 is 0 Å². The van der Waals surface area contributed by atoms with E-state index in [1.54, 1.807) is 32.4 Å². The molecule has 0 saturated carbocycles. The zero-order chi connectivity index (χ0) is 15.2. The summed E-state index contributed by atoms with van der Waals surface area (Å²) in [5.74, 6) is 2.21. The van der Waals surface area contributed by atoms with E-state index in [9.17, 15) is 4.79 Å². The molecule has 1 aromatic carbocycles. The zero-order valence-corrected chi connectivity index (χ0v) is 12.9. The van der Waals surface area contributed by atoms with Gasteiger partial charge in [-0.05, 0) is 43.5 Å². The number of nitrogens with one attached hydrogen (secondary N) is 2. The summed E-state index contributed by atoms with van der Waals surface area (Å²) in [5.41, 5.74) is 0.537. The molecule has 1 fully saturated rings. The lowest BCUT2D eigenvalue weighted by Crippen LogP contribution is -2.42. The van der Waals surface area contributed by atoms with E-state index in [1.807, 2.05) is 0 Å². The molecule has 0 radical (unpaired) electrons. The van der Waals surface area contributed by atoms with Gasteiger partial charge in [-0.1, -0.05) is 6.92 Å². The van der Waals surface area contributed by atoms with Gasteiger partial charge < -0.3 is 20.1 Å². The van der Waals surface area contributed by atoms with Gasteiger partial charge in [-0.2, -0.15) is 0 Å². The average Bonchev–Trinajstić information content (AvgIpc) is 2.53. The van der Waals surface area contributed by atoms with Crippen molar-refractivity contribution in [1.29, 1.82) is 0 Å². The van der Waals surface area contributed by atoms with Crippen LogP contribution in [0.15, 0.2) is 18.2 Å². The van der Waals surface area contributed by atoms with Crippen molar-refractivity contribution in [2.24, 2.45) is 11.8 Å². The Hall–Kier alpha value is -1.75. The minimum Gasteiger partial charge on any atom is -0.497 e. The van der Waals surface area contributed by atoms with Crippen LogP contribution in [0.25, 0.3) is 0 Å². The summed E-state index contributed by atoms with van der Waals surface area (Å²) in [4.78, 5) is 12.3. The van der Waals surface area contributed by atoms with Crippen molar-refractivity contribution in [3.8, 4) is 11.5 Å². The third kappa shape index (κ3) is 3.88. The van der Waals surface area contributed by atoms with Crippen molar-refractivity contribution in [2.45, 2.75) is 13.3 Å². The largest absolute Gasteiger partial charge is 0.497 e. The second kappa shape index (κ2) is 7.31. The number of amides is 1. The Balaban J connectivity index is 1.99. The first-order chi connectivity index (χ1) is 10.2. The average molecular weight is 292 g/mol. The standard InChI is InChI=1S/C16H24N2O3/c1-11-6-7-17-9-12(11)10-18-16(19)14-5-4-13(20-2)8-15(14)21-3/h4-5,8,11-12,17H,6-7,9-10H2,1-3H3,(H,18,19). The van der Waals surface area contributed by atoms with E-state index in [2.05, 4.69) is 17.6 Å². The van der Waals surface area contributed by atoms with Crippen LogP contribution in [0.3, 0.4) is 0 Å². The van der Waals surface area contributed by atoms with Crippen LogP contribution in [-0.4, -0.2) is 39.8 Å². The van der Waals surface area contributed by atoms with Crippen LogP contribution in [0, 0.1) is 11.8 Å². The second-order valence-corrected chi connectivity index (χ2v) is 5.51. The quantitative estimate of drug-likeness (QED) is 0.867. The number of hydrogen-bond donors (Lipinski definition) is 2. The summed E-state index contributed by atoms with van der Waals surface area (Å²) in [7, 11) is 3.14. The Morgan fingerprint density at radius 1 is 1.38 bits per heavy atom. The molecule has 1 saturated heterocycles. The van der Waals surface area contributed by atoms with Gasteiger partial charge in [0, 0.05) is 12.6 Å². The summed E-state index contributed by atoms with van der Waals surface area (Å²) in [5, 5.41) is 6.39. The Labute approximate surface area is 126 Å². The van der Waals surface area contributed by atoms with Crippen molar-refractivity contribution in [2.75, 3.05) is 33.9 Å². The molecule has 1 amide bonds. The van der Waals surface area contributed by atoms with Gasteiger partial charge in [0.1, 0.15) is 11.5 Å². The van der Waals surface area contributed by atoms with Crippen LogP contribution in [0.1, 0.15) is 23.7 Å². The Morgan fingerprint density at radius 2 is 2.19 bits per heavy atom. The fraction of sp³-hybridized carbons (Fsp3) is 0.562. The van der Waals surface area contributed by atoms with Crippen molar-refractivity contribution in [3.63, 3.8) is 0 Å². The highest BCUT2D eigenvalue weighted by Crippen LogP contribution is 2.24. The third-order valence-electron chi connectivity index (χ3n) is 4.17. The zero-order valence-electron chi connectivity index (χ0n) is 12.9. The van der Waals surface area contributed by atoms with E-state index in [0.717, 1.165) is 19.5 Å². The molecule has 1 aliphatic heterocycles. The molecule has 1 aliphatic rings. The molecular formula is C16H24N2O3. The highest BCUT2D eigenvalue weighted by atomic mass is 16.5. The number of carbonyl (C=O) groups excluding carboxylic acids is 1. The van der Waals surface area contributed by atoms with Crippen LogP contribution in [-0.2, 0) is 0 Å². The van der Waals surface area contributed by atoms with E-state index in [4.69, 9.17) is 9.47 Å². The van der Waals surface area contributed by atoms with Crippen molar-refractivity contribution in [3.05, 3.63) is 23.8 Å². The van der Waals surface area contributed by atoms with Gasteiger partial charge in [0.25, 0.3) is 5.91 Å². The van der Waals surface area contributed by atoms with Gasteiger partial charge in [0.15, 0.2) is 0 Å². The van der Waals surface area contributed by atoms with Crippen molar-refractivity contribution >= 4 is 5.91 Å². The maximum absolute atomic E-state index is 12.3. The van der Waals surface area contributed by atoms with Gasteiger partial charge in [0.2, 0.25) is 0 Å². The monoisotopic (exact) mass is 292 g/mol. The summed E-state index contributed by atoms with van der Waals surface area (Å²) in [6.07, 6.45) is 1.16. The molecule has 2 unspecified atom stereocenters.